The van der Waals surface area contributed by atoms with E-state index in [1.54, 1.807) is 0 Å². The van der Waals surface area contributed by atoms with Crippen molar-refractivity contribution in [3.8, 4) is 0 Å². The van der Waals surface area contributed by atoms with Gasteiger partial charge in [-0.05, 0) is 37.0 Å². The Balaban J connectivity index is 1.93. The molecule has 2 rings (SSSR count). The van der Waals surface area contributed by atoms with Gasteiger partial charge in [0.1, 0.15) is 0 Å². The molecule has 0 bridgehead atoms. The maximum Gasteiger partial charge on any atom is 0.0681 e. The lowest BCUT2D eigenvalue weighted by atomic mass is 10.0. The van der Waals surface area contributed by atoms with Crippen LogP contribution in [-0.2, 0) is 13.0 Å². The lowest BCUT2D eigenvalue weighted by Gasteiger charge is -2.20. The van der Waals surface area contributed by atoms with Crippen LogP contribution in [0.5, 0.6) is 0 Å². The molecule has 0 aliphatic rings. The Kier molecular flexibility index (Phi) is 5.33. The third-order valence-corrected chi connectivity index (χ3v) is 3.55. The first-order valence-electron chi connectivity index (χ1n) is 7.18. The molecule has 0 aromatic heterocycles. The summed E-state index contributed by atoms with van der Waals surface area (Å²) in [6.45, 7) is 4.50. The number of hydrogen-bond donors (Lipinski definition) is 2. The van der Waals surface area contributed by atoms with Crippen LogP contribution in [0.15, 0.2) is 54.6 Å². The molecule has 0 aliphatic carbocycles. The van der Waals surface area contributed by atoms with Gasteiger partial charge in [0.15, 0.2) is 0 Å². The Hall–Kier alpha value is -1.64. The monoisotopic (exact) mass is 269 g/mol. The average molecular weight is 269 g/mol. The van der Waals surface area contributed by atoms with Gasteiger partial charge < -0.3 is 10.4 Å². The van der Waals surface area contributed by atoms with Crippen molar-refractivity contribution in [2.45, 2.75) is 39.0 Å². The largest absolute Gasteiger partial charge is 0.392 e. The second kappa shape index (κ2) is 7.22. The second-order valence-corrected chi connectivity index (χ2v) is 5.38. The van der Waals surface area contributed by atoms with Crippen LogP contribution in [-0.4, -0.2) is 11.1 Å². The van der Waals surface area contributed by atoms with E-state index < -0.39 is 0 Å². The van der Waals surface area contributed by atoms with Crippen LogP contribution in [0.1, 0.15) is 36.6 Å². The predicted molar refractivity (Wildman–Crippen MR) is 83.5 cm³/mol. The maximum atomic E-state index is 9.17. The van der Waals surface area contributed by atoms with Crippen LogP contribution < -0.4 is 5.32 Å². The molecule has 2 nitrogen and oxygen atoms in total. The van der Waals surface area contributed by atoms with Gasteiger partial charge in [-0.1, -0.05) is 54.6 Å². The molecule has 2 aromatic carbocycles. The summed E-state index contributed by atoms with van der Waals surface area (Å²) in [5.74, 6) is 0. The van der Waals surface area contributed by atoms with Crippen molar-refractivity contribution in [1.82, 2.24) is 5.32 Å². The molecule has 2 atom stereocenters. The van der Waals surface area contributed by atoms with Crippen molar-refractivity contribution in [2.24, 2.45) is 0 Å². The van der Waals surface area contributed by atoms with Gasteiger partial charge in [0.05, 0.1) is 6.61 Å². The van der Waals surface area contributed by atoms with Gasteiger partial charge in [0.2, 0.25) is 0 Å². The molecule has 0 aliphatic heterocycles. The highest BCUT2D eigenvalue weighted by Crippen LogP contribution is 2.14. The molecule has 0 radical (unpaired) electrons. The first kappa shape index (κ1) is 14.8. The number of rotatable bonds is 6. The summed E-state index contributed by atoms with van der Waals surface area (Å²) < 4.78 is 0. The van der Waals surface area contributed by atoms with Gasteiger partial charge in [0, 0.05) is 12.1 Å². The minimum Gasteiger partial charge on any atom is -0.392 e. The summed E-state index contributed by atoms with van der Waals surface area (Å²) >= 11 is 0. The Labute approximate surface area is 121 Å². The second-order valence-electron chi connectivity index (χ2n) is 5.38. The zero-order chi connectivity index (χ0) is 14.4. The zero-order valence-electron chi connectivity index (χ0n) is 12.2. The molecule has 0 saturated carbocycles. The molecule has 2 N–H and O–H groups in total. The van der Waals surface area contributed by atoms with Crippen LogP contribution in [0, 0.1) is 0 Å². The van der Waals surface area contributed by atoms with Gasteiger partial charge >= 0.3 is 0 Å². The van der Waals surface area contributed by atoms with Gasteiger partial charge in [-0.15, -0.1) is 0 Å². The molecular weight excluding hydrogens is 246 g/mol. The molecule has 0 fully saturated rings. The summed E-state index contributed by atoms with van der Waals surface area (Å²) in [4.78, 5) is 0. The highest BCUT2D eigenvalue weighted by atomic mass is 16.3. The molecule has 1 unspecified atom stereocenters. The fourth-order valence-corrected chi connectivity index (χ4v) is 2.53. The molecule has 0 spiro atoms. The van der Waals surface area contributed by atoms with Gasteiger partial charge in [0.25, 0.3) is 0 Å². The molecule has 20 heavy (non-hydrogen) atoms. The van der Waals surface area contributed by atoms with Gasteiger partial charge in [-0.25, -0.2) is 0 Å². The summed E-state index contributed by atoms with van der Waals surface area (Å²) in [7, 11) is 0. The highest BCUT2D eigenvalue weighted by molar-refractivity contribution is 5.24. The topological polar surface area (TPSA) is 32.3 Å². The van der Waals surface area contributed by atoms with E-state index in [1.807, 2.05) is 18.2 Å². The molecular formula is C18H23NO. The van der Waals surface area contributed by atoms with Crippen molar-refractivity contribution < 1.29 is 5.11 Å². The summed E-state index contributed by atoms with van der Waals surface area (Å²) in [5.41, 5.74) is 3.55. The molecule has 106 valence electrons. The number of aliphatic hydroxyl groups excluding tert-OH is 1. The maximum absolute atomic E-state index is 9.17. The summed E-state index contributed by atoms with van der Waals surface area (Å²) in [5, 5.41) is 12.8. The smallest absolute Gasteiger partial charge is 0.0681 e. The molecule has 2 heteroatoms. The molecule has 0 amide bonds. The van der Waals surface area contributed by atoms with Gasteiger partial charge in [-0.2, -0.15) is 0 Å². The molecule has 2 aromatic rings. The summed E-state index contributed by atoms with van der Waals surface area (Å²) in [6, 6.07) is 19.4. The Morgan fingerprint density at radius 2 is 1.65 bits per heavy atom. The number of aliphatic hydroxyl groups is 1. The Morgan fingerprint density at radius 3 is 2.35 bits per heavy atom. The minimum absolute atomic E-state index is 0.107. The normalized spacial score (nSPS) is 13.9. The quantitative estimate of drug-likeness (QED) is 0.841. The minimum atomic E-state index is 0.107. The van der Waals surface area contributed by atoms with Gasteiger partial charge in [-0.3, -0.25) is 0 Å². The van der Waals surface area contributed by atoms with E-state index in [2.05, 4.69) is 55.6 Å². The fraction of sp³-hybridized carbons (Fsp3) is 0.333. The van der Waals surface area contributed by atoms with Crippen molar-refractivity contribution in [3.63, 3.8) is 0 Å². The third-order valence-electron chi connectivity index (χ3n) is 3.55. The van der Waals surface area contributed by atoms with E-state index in [4.69, 9.17) is 0 Å². The first-order chi connectivity index (χ1) is 9.69. The van der Waals surface area contributed by atoms with Crippen LogP contribution >= 0.6 is 0 Å². The predicted octanol–water partition coefficient (Wildman–Crippen LogP) is 3.46. The summed E-state index contributed by atoms with van der Waals surface area (Å²) in [6.07, 6.45) is 0.963. The van der Waals surface area contributed by atoms with Crippen LogP contribution in [0.2, 0.25) is 0 Å². The Morgan fingerprint density at radius 1 is 0.950 bits per heavy atom. The van der Waals surface area contributed by atoms with Crippen LogP contribution in [0.25, 0.3) is 0 Å². The molecule has 0 saturated heterocycles. The number of nitrogens with one attached hydrogen (secondary N) is 1. The first-order valence-corrected chi connectivity index (χ1v) is 7.18. The Bertz CT molecular complexity index is 524. The average Bonchev–Trinajstić information content (AvgIpc) is 2.48. The molecule has 0 heterocycles. The van der Waals surface area contributed by atoms with E-state index >= 15 is 0 Å². The lowest BCUT2D eigenvalue weighted by molar-refractivity contribution is 0.281. The highest BCUT2D eigenvalue weighted by Gasteiger charge is 2.09. The van der Waals surface area contributed by atoms with Crippen molar-refractivity contribution in [3.05, 3.63) is 71.3 Å². The van der Waals surface area contributed by atoms with Crippen LogP contribution in [0.4, 0.5) is 0 Å². The van der Waals surface area contributed by atoms with E-state index in [0.717, 1.165) is 12.0 Å². The lowest BCUT2D eigenvalue weighted by Crippen LogP contribution is -2.30. The fourth-order valence-electron chi connectivity index (χ4n) is 2.53. The SMILES string of the molecule is CC(Cc1cccc(CO)c1)N[C@H](C)c1ccccc1. The van der Waals surface area contributed by atoms with E-state index in [9.17, 15) is 5.11 Å². The van der Waals surface area contributed by atoms with Crippen molar-refractivity contribution in [2.75, 3.05) is 0 Å². The standard InChI is InChI=1S/C18H23NO/c1-14(11-16-7-6-8-17(12-16)13-20)19-15(2)18-9-4-3-5-10-18/h3-10,12,14-15,19-20H,11,13H2,1-2H3/t14?,15-/m1/s1. The van der Waals surface area contributed by atoms with Crippen LogP contribution in [0.3, 0.4) is 0 Å². The zero-order valence-corrected chi connectivity index (χ0v) is 12.2. The van der Waals surface area contributed by atoms with Crippen molar-refractivity contribution >= 4 is 0 Å². The van der Waals surface area contributed by atoms with E-state index in [-0.39, 0.29) is 6.61 Å². The number of benzene rings is 2. The van der Waals surface area contributed by atoms with E-state index in [1.165, 1.54) is 11.1 Å². The van der Waals surface area contributed by atoms with Crippen molar-refractivity contribution in [1.29, 1.82) is 0 Å². The number of hydrogen-bond acceptors (Lipinski definition) is 2. The van der Waals surface area contributed by atoms with E-state index in [0.29, 0.717) is 12.1 Å². The third kappa shape index (κ3) is 4.19.